The maximum absolute atomic E-state index is 12.0. The zero-order valence-electron chi connectivity index (χ0n) is 32.4. The van der Waals surface area contributed by atoms with Crippen LogP contribution in [0, 0.1) is 5.92 Å². The fraction of sp³-hybridized carbons (Fsp3) is 0.973. The predicted octanol–water partition coefficient (Wildman–Crippen LogP) is 4.14. The van der Waals surface area contributed by atoms with Gasteiger partial charge in [0.15, 0.2) is 0 Å². The molecule has 0 saturated heterocycles. The second-order valence-electron chi connectivity index (χ2n) is 11.5. The van der Waals surface area contributed by atoms with Gasteiger partial charge in [0.2, 0.25) is 0 Å². The molecule has 14 nitrogen and oxygen atoms in total. The van der Waals surface area contributed by atoms with Crippen LogP contribution >= 0.6 is 0 Å². The van der Waals surface area contributed by atoms with Gasteiger partial charge in [-0.1, -0.05) is 46.5 Å². The van der Waals surface area contributed by atoms with Crippen molar-refractivity contribution in [1.82, 2.24) is 0 Å². The lowest BCUT2D eigenvalue weighted by atomic mass is 10.00. The molecule has 0 bridgehead atoms. The summed E-state index contributed by atoms with van der Waals surface area (Å²) in [5, 5.41) is 0. The molecule has 0 aliphatic rings. The molecular weight excluding hydrogens is 668 g/mol. The maximum atomic E-state index is 12.0. The minimum Gasteiger partial charge on any atom is -0.463 e. The Morgan fingerprint density at radius 2 is 0.588 bits per heavy atom. The van der Waals surface area contributed by atoms with Gasteiger partial charge in [-0.05, 0) is 19.3 Å². The summed E-state index contributed by atoms with van der Waals surface area (Å²) >= 11 is 0. The number of esters is 1. The average Bonchev–Trinajstić information content (AvgIpc) is 3.14. The zero-order chi connectivity index (χ0) is 37.0. The van der Waals surface area contributed by atoms with Crippen molar-refractivity contribution in [3.8, 4) is 0 Å². The van der Waals surface area contributed by atoms with Crippen molar-refractivity contribution in [3.63, 3.8) is 0 Å². The molecule has 0 amide bonds. The van der Waals surface area contributed by atoms with Gasteiger partial charge in [-0.3, -0.25) is 4.79 Å². The normalized spacial score (nSPS) is 12.1. The molecule has 306 valence electrons. The minimum atomic E-state index is -0.120. The Bertz CT molecular complexity index is 661. The van der Waals surface area contributed by atoms with E-state index in [-0.39, 0.29) is 18.5 Å². The SMILES string of the molecule is CCCCCOCCOCCOCCOCCOCCOCCOCCOCCOCCOCCOCCOCCOC(=O)C(CC)CCCC. The highest BCUT2D eigenvalue weighted by Gasteiger charge is 2.16. The van der Waals surface area contributed by atoms with Crippen LogP contribution in [0.1, 0.15) is 65.7 Å². The molecule has 0 aromatic heterocycles. The molecule has 0 aliphatic heterocycles. The van der Waals surface area contributed by atoms with Crippen molar-refractivity contribution in [2.75, 3.05) is 165 Å². The third-order valence-electron chi connectivity index (χ3n) is 7.19. The number of hydrogen-bond donors (Lipinski definition) is 0. The molecule has 1 atom stereocenters. The van der Waals surface area contributed by atoms with Crippen molar-refractivity contribution >= 4 is 5.97 Å². The van der Waals surface area contributed by atoms with Crippen LogP contribution in [-0.4, -0.2) is 171 Å². The third-order valence-corrected chi connectivity index (χ3v) is 7.19. The molecule has 51 heavy (non-hydrogen) atoms. The molecular formula is C37H74O14. The van der Waals surface area contributed by atoms with Gasteiger partial charge in [0, 0.05) is 6.61 Å². The Hall–Kier alpha value is -1.01. The second kappa shape index (κ2) is 45.1. The smallest absolute Gasteiger partial charge is 0.308 e. The molecule has 0 spiro atoms. The van der Waals surface area contributed by atoms with Crippen molar-refractivity contribution in [3.05, 3.63) is 0 Å². The lowest BCUT2D eigenvalue weighted by molar-refractivity contribution is -0.150. The Morgan fingerprint density at radius 3 is 0.843 bits per heavy atom. The summed E-state index contributed by atoms with van der Waals surface area (Å²) in [6.45, 7) is 19.2. The van der Waals surface area contributed by atoms with Gasteiger partial charge in [-0.25, -0.2) is 0 Å². The van der Waals surface area contributed by atoms with Crippen LogP contribution < -0.4 is 0 Å². The highest BCUT2D eigenvalue weighted by atomic mass is 16.6. The molecule has 1 unspecified atom stereocenters. The predicted molar refractivity (Wildman–Crippen MR) is 194 cm³/mol. The van der Waals surface area contributed by atoms with E-state index in [2.05, 4.69) is 13.8 Å². The molecule has 0 rings (SSSR count). The van der Waals surface area contributed by atoms with Crippen molar-refractivity contribution in [1.29, 1.82) is 0 Å². The molecule has 0 aromatic rings. The average molecular weight is 743 g/mol. The summed E-state index contributed by atoms with van der Waals surface area (Å²) in [6, 6.07) is 0. The number of carbonyl (C=O) groups is 1. The Balaban J connectivity index is 3.13. The third kappa shape index (κ3) is 41.6. The number of carbonyl (C=O) groups excluding carboxylic acids is 1. The maximum Gasteiger partial charge on any atom is 0.308 e. The molecule has 0 aromatic carbocycles. The lowest BCUT2D eigenvalue weighted by Crippen LogP contribution is -2.20. The van der Waals surface area contributed by atoms with E-state index in [1.807, 2.05) is 6.92 Å². The summed E-state index contributed by atoms with van der Waals surface area (Å²) in [7, 11) is 0. The lowest BCUT2D eigenvalue weighted by Gasteiger charge is -2.13. The highest BCUT2D eigenvalue weighted by Crippen LogP contribution is 2.14. The summed E-state index contributed by atoms with van der Waals surface area (Å²) in [5.74, 6) is -0.124. The van der Waals surface area contributed by atoms with Crippen LogP contribution in [0.2, 0.25) is 0 Å². The van der Waals surface area contributed by atoms with Crippen LogP contribution in [0.4, 0.5) is 0 Å². The first-order valence-corrected chi connectivity index (χ1v) is 19.4. The van der Waals surface area contributed by atoms with E-state index >= 15 is 0 Å². The van der Waals surface area contributed by atoms with Crippen LogP contribution in [0.3, 0.4) is 0 Å². The van der Waals surface area contributed by atoms with Crippen molar-refractivity contribution in [2.45, 2.75) is 65.7 Å². The van der Waals surface area contributed by atoms with Crippen LogP contribution in [0.15, 0.2) is 0 Å². The number of unbranched alkanes of at least 4 members (excludes halogenated alkanes) is 3. The number of ether oxygens (including phenoxy) is 13. The van der Waals surface area contributed by atoms with Crippen molar-refractivity contribution < 1.29 is 66.4 Å². The summed E-state index contributed by atoms with van der Waals surface area (Å²) in [5.41, 5.74) is 0. The molecule has 0 saturated carbocycles. The molecule has 0 N–H and O–H groups in total. The van der Waals surface area contributed by atoms with Crippen LogP contribution in [0.25, 0.3) is 0 Å². The quantitative estimate of drug-likeness (QED) is 0.0653. The zero-order valence-corrected chi connectivity index (χ0v) is 32.4. The Morgan fingerprint density at radius 1 is 0.333 bits per heavy atom. The van der Waals surface area contributed by atoms with Gasteiger partial charge in [0.05, 0.1) is 158 Å². The van der Waals surface area contributed by atoms with E-state index in [9.17, 15) is 4.79 Å². The van der Waals surface area contributed by atoms with E-state index < -0.39 is 0 Å². The van der Waals surface area contributed by atoms with E-state index in [1.165, 1.54) is 12.8 Å². The van der Waals surface area contributed by atoms with Gasteiger partial charge in [-0.2, -0.15) is 0 Å². The number of rotatable bonds is 45. The second-order valence-corrected chi connectivity index (χ2v) is 11.5. The Kier molecular flexibility index (Phi) is 44.3. The van der Waals surface area contributed by atoms with E-state index in [1.54, 1.807) is 0 Å². The number of hydrogen-bond acceptors (Lipinski definition) is 14. The van der Waals surface area contributed by atoms with Gasteiger partial charge in [0.1, 0.15) is 6.61 Å². The van der Waals surface area contributed by atoms with Gasteiger partial charge >= 0.3 is 5.97 Å². The standard InChI is InChI=1S/C37H74O14/c1-4-7-9-11-39-12-13-40-14-15-41-16-17-42-18-19-43-20-21-44-22-23-45-24-25-46-26-27-47-28-29-48-30-31-49-32-33-50-34-35-51-37(38)36(6-3)10-8-5-2/h36H,4-35H2,1-3H3. The molecule has 0 radical (unpaired) electrons. The van der Waals surface area contributed by atoms with Crippen LogP contribution in [0.5, 0.6) is 0 Å². The van der Waals surface area contributed by atoms with E-state index in [4.69, 9.17) is 61.6 Å². The fourth-order valence-electron chi connectivity index (χ4n) is 4.23. The molecule has 0 aliphatic carbocycles. The molecule has 0 fully saturated rings. The fourth-order valence-corrected chi connectivity index (χ4v) is 4.23. The topological polar surface area (TPSA) is 137 Å². The van der Waals surface area contributed by atoms with Gasteiger partial charge in [0.25, 0.3) is 0 Å². The Labute approximate surface area is 309 Å². The molecule has 14 heteroatoms. The summed E-state index contributed by atoms with van der Waals surface area (Å²) in [6.07, 6.45) is 7.37. The van der Waals surface area contributed by atoms with Gasteiger partial charge < -0.3 is 61.6 Å². The van der Waals surface area contributed by atoms with Crippen LogP contribution in [-0.2, 0) is 66.4 Å². The summed E-state index contributed by atoms with van der Waals surface area (Å²) in [4.78, 5) is 12.0. The molecule has 0 heterocycles. The van der Waals surface area contributed by atoms with Gasteiger partial charge in [-0.15, -0.1) is 0 Å². The first-order valence-electron chi connectivity index (χ1n) is 19.4. The summed E-state index contributed by atoms with van der Waals surface area (Å²) < 4.78 is 71.1. The first-order chi connectivity index (χ1) is 25.3. The minimum absolute atomic E-state index is 0.00406. The monoisotopic (exact) mass is 743 g/mol. The van der Waals surface area contributed by atoms with E-state index in [0.29, 0.717) is 152 Å². The van der Waals surface area contributed by atoms with E-state index in [0.717, 1.165) is 38.7 Å². The van der Waals surface area contributed by atoms with Crippen molar-refractivity contribution in [2.24, 2.45) is 5.92 Å². The first kappa shape index (κ1) is 50.0. The largest absolute Gasteiger partial charge is 0.463 e. The highest BCUT2D eigenvalue weighted by molar-refractivity contribution is 5.72.